The third-order valence-corrected chi connectivity index (χ3v) is 13.8. The molecule has 350 valence electrons. The highest BCUT2D eigenvalue weighted by atomic mass is 19.1. The van der Waals surface area contributed by atoms with E-state index in [9.17, 15) is 14.4 Å². The minimum absolute atomic E-state index is 0.114. The van der Waals surface area contributed by atoms with E-state index in [1.54, 1.807) is 0 Å². The number of amides is 3. The predicted molar refractivity (Wildman–Crippen MR) is 244 cm³/mol. The largest absolute Gasteiger partial charge is 0.383 e. The zero-order valence-electron chi connectivity index (χ0n) is 38.1. The van der Waals surface area contributed by atoms with E-state index in [4.69, 9.17) is 25.3 Å². The van der Waals surface area contributed by atoms with Gasteiger partial charge in [-0.15, -0.1) is 0 Å². The van der Waals surface area contributed by atoms with Gasteiger partial charge in [-0.25, -0.2) is 33.4 Å². The monoisotopic (exact) mass is 906 g/mol. The summed E-state index contributed by atoms with van der Waals surface area (Å²) in [6, 6.07) is 1.80. The Hall–Kier alpha value is -5.91. The van der Waals surface area contributed by atoms with Crippen LogP contribution in [0.2, 0.25) is 0 Å². The molecule has 66 heavy (non-hydrogen) atoms. The number of hydrogen-bond donors (Lipinski definition) is 3. The SMILES string of the molecule is CC(C)(C)n1nc(-c2noc(C3CC3)c2-c2ncc(C3CCN(C(=O)CCCCCCCN4CCC(c5c(F)cc(NC6CCC(=O)NC6=O)cc5F)CC4)CC3)cn2)c2c(N)ncnc21. The van der Waals surface area contributed by atoms with Gasteiger partial charge in [-0.3, -0.25) is 19.7 Å². The van der Waals surface area contributed by atoms with Crippen LogP contribution in [-0.4, -0.2) is 101 Å². The van der Waals surface area contributed by atoms with Crippen molar-refractivity contribution in [2.75, 3.05) is 43.8 Å². The summed E-state index contributed by atoms with van der Waals surface area (Å²) in [6.07, 6.45) is 16.4. The molecule has 0 spiro atoms. The predicted octanol–water partition coefficient (Wildman–Crippen LogP) is 7.57. The van der Waals surface area contributed by atoms with Gasteiger partial charge in [0.25, 0.3) is 0 Å². The van der Waals surface area contributed by atoms with Crippen LogP contribution in [0.15, 0.2) is 35.4 Å². The summed E-state index contributed by atoms with van der Waals surface area (Å²) in [6.45, 7) is 10.1. The smallest absolute Gasteiger partial charge is 0.249 e. The van der Waals surface area contributed by atoms with E-state index >= 15 is 8.78 Å². The summed E-state index contributed by atoms with van der Waals surface area (Å²) >= 11 is 0. The second-order valence-electron chi connectivity index (χ2n) is 19.6. The van der Waals surface area contributed by atoms with Gasteiger partial charge in [0.2, 0.25) is 17.7 Å². The second kappa shape index (κ2) is 19.1. The van der Waals surface area contributed by atoms with Crippen molar-refractivity contribution in [1.29, 1.82) is 0 Å². The van der Waals surface area contributed by atoms with Crippen LogP contribution in [0.5, 0.6) is 0 Å². The number of carbonyl (C=O) groups is 3. The molecule has 1 aromatic carbocycles. The highest BCUT2D eigenvalue weighted by molar-refractivity contribution is 6.02. The van der Waals surface area contributed by atoms with E-state index in [0.717, 1.165) is 94.3 Å². The van der Waals surface area contributed by atoms with E-state index in [-0.39, 0.29) is 59.2 Å². The molecule has 3 amide bonds. The summed E-state index contributed by atoms with van der Waals surface area (Å²) < 4.78 is 38.2. The number of nitrogens with one attached hydrogen (secondary N) is 2. The summed E-state index contributed by atoms with van der Waals surface area (Å²) in [5.74, 6) is 0.0814. The molecule has 5 aromatic rings. The fraction of sp³-hybridized carbons (Fsp3) is 0.562. The van der Waals surface area contributed by atoms with E-state index in [1.165, 1.54) is 18.5 Å². The Balaban J connectivity index is 0.693. The molecule has 1 unspecified atom stereocenters. The molecule has 3 saturated heterocycles. The zero-order chi connectivity index (χ0) is 46.1. The molecule has 9 rings (SSSR count). The second-order valence-corrected chi connectivity index (χ2v) is 19.6. The summed E-state index contributed by atoms with van der Waals surface area (Å²) in [5, 5.41) is 15.2. The van der Waals surface area contributed by atoms with E-state index in [0.29, 0.717) is 66.4 Å². The molecule has 1 saturated carbocycles. The Morgan fingerprint density at radius 1 is 0.848 bits per heavy atom. The minimum Gasteiger partial charge on any atom is -0.383 e. The van der Waals surface area contributed by atoms with Gasteiger partial charge in [-0.2, -0.15) is 5.10 Å². The molecular formula is C48H60F2N12O4. The first-order chi connectivity index (χ1) is 31.8. The highest BCUT2D eigenvalue weighted by Crippen LogP contribution is 2.48. The van der Waals surface area contributed by atoms with Crippen LogP contribution in [0.1, 0.15) is 145 Å². The maximum Gasteiger partial charge on any atom is 0.249 e. The van der Waals surface area contributed by atoms with Crippen molar-refractivity contribution in [3.63, 3.8) is 0 Å². The molecule has 16 nitrogen and oxygen atoms in total. The Kier molecular flexibility index (Phi) is 13.1. The maximum absolute atomic E-state index is 15.2. The molecule has 1 atom stereocenters. The number of aromatic nitrogens is 7. The first kappa shape index (κ1) is 45.3. The Bertz CT molecular complexity index is 2550. The molecule has 4 fully saturated rings. The van der Waals surface area contributed by atoms with Gasteiger partial charge in [0.05, 0.1) is 16.5 Å². The lowest BCUT2D eigenvalue weighted by Gasteiger charge is -2.32. The van der Waals surface area contributed by atoms with E-state index in [1.807, 2.05) is 22.0 Å². The van der Waals surface area contributed by atoms with Crippen LogP contribution in [0, 0.1) is 11.6 Å². The number of halogens is 2. The number of anilines is 2. The molecule has 4 aromatic heterocycles. The minimum atomic E-state index is -0.705. The molecule has 4 aliphatic rings. The number of imide groups is 1. The lowest BCUT2D eigenvalue weighted by Crippen LogP contribution is -2.47. The normalized spacial score (nSPS) is 19.2. The van der Waals surface area contributed by atoms with Crippen LogP contribution >= 0.6 is 0 Å². The fourth-order valence-electron chi connectivity index (χ4n) is 9.89. The number of rotatable bonds is 15. The number of nitrogens with zero attached hydrogens (tertiary/aromatic N) is 9. The lowest BCUT2D eigenvalue weighted by atomic mass is 9.88. The number of piperidine rings is 3. The van der Waals surface area contributed by atoms with Crippen molar-refractivity contribution in [3.8, 4) is 22.8 Å². The van der Waals surface area contributed by atoms with Gasteiger partial charge in [-0.05, 0) is 128 Å². The summed E-state index contributed by atoms with van der Waals surface area (Å²) in [4.78, 5) is 59.6. The molecule has 0 bridgehead atoms. The summed E-state index contributed by atoms with van der Waals surface area (Å²) in [7, 11) is 0. The average molecular weight is 907 g/mol. The van der Waals surface area contributed by atoms with Crippen LogP contribution < -0.4 is 16.4 Å². The molecule has 7 heterocycles. The maximum atomic E-state index is 15.2. The van der Waals surface area contributed by atoms with Crippen molar-refractivity contribution in [1.82, 2.24) is 50.0 Å². The first-order valence-electron chi connectivity index (χ1n) is 23.7. The number of nitrogen functional groups attached to an aromatic ring is 1. The fourth-order valence-corrected chi connectivity index (χ4v) is 9.89. The van der Waals surface area contributed by atoms with Gasteiger partial charge < -0.3 is 25.4 Å². The molecule has 3 aliphatic heterocycles. The van der Waals surface area contributed by atoms with Crippen LogP contribution in [0.4, 0.5) is 20.3 Å². The number of nitrogens with two attached hydrogens (primary N) is 1. The van der Waals surface area contributed by atoms with Crippen molar-refractivity contribution in [2.45, 2.75) is 140 Å². The Morgan fingerprint density at radius 3 is 2.21 bits per heavy atom. The first-order valence-corrected chi connectivity index (χ1v) is 23.7. The molecule has 0 radical (unpaired) electrons. The Labute approximate surface area is 382 Å². The van der Waals surface area contributed by atoms with Crippen molar-refractivity contribution >= 4 is 40.3 Å². The van der Waals surface area contributed by atoms with Gasteiger partial charge >= 0.3 is 0 Å². The standard InChI is InChI=1S/C48H60F2N12O4/c1-48(2,3)62-46-40(44(51)54-27-55-46)41(58-62)42-39(43(66-59-42)30-10-11-30)45-52-25-31(26-53-45)28-16-21-61(22-17-28)37(64)9-7-5-4-6-8-18-60-19-14-29(15-20-60)38-33(49)23-32(24-34(38)50)56-35-12-13-36(63)57-47(35)65/h23-30,35,56H,4-22H2,1-3H3,(H2,51,54,55)(H,57,63,65). The molecule has 18 heteroatoms. The van der Waals surface area contributed by atoms with E-state index < -0.39 is 23.6 Å². The summed E-state index contributed by atoms with van der Waals surface area (Å²) in [5.41, 5.74) is 9.83. The third kappa shape index (κ3) is 9.79. The topological polar surface area (TPSA) is 203 Å². The molecular weight excluding hydrogens is 847 g/mol. The zero-order valence-corrected chi connectivity index (χ0v) is 38.1. The molecule has 1 aliphatic carbocycles. The quantitative estimate of drug-likeness (QED) is 0.0686. The lowest BCUT2D eigenvalue weighted by molar-refractivity contribution is -0.134. The third-order valence-electron chi connectivity index (χ3n) is 13.8. The van der Waals surface area contributed by atoms with Gasteiger partial charge in [0, 0.05) is 55.5 Å². The van der Waals surface area contributed by atoms with Gasteiger partial charge in [0.15, 0.2) is 17.2 Å². The van der Waals surface area contributed by atoms with Crippen LogP contribution in [-0.2, 0) is 19.9 Å². The van der Waals surface area contributed by atoms with Crippen molar-refractivity contribution in [3.05, 3.63) is 59.4 Å². The number of fused-ring (bicyclic) bond motifs is 1. The molecule has 4 N–H and O–H groups in total. The van der Waals surface area contributed by atoms with E-state index in [2.05, 4.69) is 51.4 Å². The number of unbranched alkanes of at least 4 members (excludes halogenated alkanes) is 4. The van der Waals surface area contributed by atoms with Crippen molar-refractivity contribution < 1.29 is 27.7 Å². The van der Waals surface area contributed by atoms with Gasteiger partial charge in [0.1, 0.15) is 41.2 Å². The number of hydrogen-bond acceptors (Lipinski definition) is 13. The van der Waals surface area contributed by atoms with Crippen LogP contribution in [0.3, 0.4) is 0 Å². The van der Waals surface area contributed by atoms with Crippen molar-refractivity contribution in [2.24, 2.45) is 0 Å². The van der Waals surface area contributed by atoms with Gasteiger partial charge in [-0.1, -0.05) is 24.4 Å². The number of carbonyl (C=O) groups excluding carboxylic acids is 3. The number of likely N-dealkylation sites (tertiary alicyclic amines) is 2. The van der Waals surface area contributed by atoms with Crippen LogP contribution in [0.25, 0.3) is 33.8 Å². The highest BCUT2D eigenvalue weighted by Gasteiger charge is 2.37. The number of benzene rings is 1. The Morgan fingerprint density at radius 2 is 1.53 bits per heavy atom. The average Bonchev–Trinajstić information content (AvgIpc) is 3.91.